The van der Waals surface area contributed by atoms with Crippen molar-refractivity contribution in [2.45, 2.75) is 32.2 Å². The first-order chi connectivity index (χ1) is 5.83. The van der Waals surface area contributed by atoms with Gasteiger partial charge in [0.05, 0.1) is 6.26 Å². The molecule has 0 unspecified atom stereocenters. The first-order valence-electron chi connectivity index (χ1n) is 4.64. The Hall–Kier alpha value is -0.760. The van der Waals surface area contributed by atoms with Gasteiger partial charge in [-0.1, -0.05) is 6.92 Å². The molecule has 0 radical (unpaired) electrons. The van der Waals surface area contributed by atoms with Crippen molar-refractivity contribution in [3.05, 3.63) is 23.7 Å². The van der Waals surface area contributed by atoms with Crippen LogP contribution in [-0.2, 0) is 6.42 Å². The van der Waals surface area contributed by atoms with E-state index in [2.05, 4.69) is 6.92 Å². The van der Waals surface area contributed by atoms with E-state index in [1.54, 1.807) is 6.26 Å². The van der Waals surface area contributed by atoms with Gasteiger partial charge >= 0.3 is 0 Å². The molecule has 0 aromatic carbocycles. The average molecular weight is 165 g/mol. The maximum absolute atomic E-state index is 6.06. The van der Waals surface area contributed by atoms with Crippen LogP contribution in [0.25, 0.3) is 0 Å². The normalized spacial score (nSPS) is 19.5. The van der Waals surface area contributed by atoms with Crippen molar-refractivity contribution in [1.82, 2.24) is 0 Å². The van der Waals surface area contributed by atoms with E-state index in [-0.39, 0.29) is 6.04 Å². The molecule has 1 aliphatic rings. The molecular formula is C10H15NO. The van der Waals surface area contributed by atoms with Crippen molar-refractivity contribution in [2.75, 3.05) is 0 Å². The Bertz CT molecular complexity index is 263. The van der Waals surface area contributed by atoms with Crippen LogP contribution in [0, 0.1) is 5.92 Å². The Morgan fingerprint density at radius 1 is 1.67 bits per heavy atom. The van der Waals surface area contributed by atoms with Crippen molar-refractivity contribution in [3.63, 3.8) is 0 Å². The molecule has 1 fully saturated rings. The Morgan fingerprint density at radius 3 is 3.00 bits per heavy atom. The smallest absolute Gasteiger partial charge is 0.108 e. The van der Waals surface area contributed by atoms with Crippen LogP contribution >= 0.6 is 0 Å². The van der Waals surface area contributed by atoms with Gasteiger partial charge in [0.2, 0.25) is 0 Å². The van der Waals surface area contributed by atoms with E-state index in [4.69, 9.17) is 10.2 Å². The highest BCUT2D eigenvalue weighted by atomic mass is 16.3. The molecule has 1 atom stereocenters. The summed E-state index contributed by atoms with van der Waals surface area (Å²) in [6.45, 7) is 2.10. The minimum atomic E-state index is 0.221. The van der Waals surface area contributed by atoms with Crippen molar-refractivity contribution < 1.29 is 4.42 Å². The van der Waals surface area contributed by atoms with Crippen LogP contribution in [0.5, 0.6) is 0 Å². The van der Waals surface area contributed by atoms with E-state index in [0.717, 1.165) is 12.2 Å². The lowest BCUT2D eigenvalue weighted by Gasteiger charge is -2.08. The van der Waals surface area contributed by atoms with Gasteiger partial charge in [-0.2, -0.15) is 0 Å². The van der Waals surface area contributed by atoms with E-state index in [1.165, 1.54) is 18.4 Å². The first kappa shape index (κ1) is 7.87. The summed E-state index contributed by atoms with van der Waals surface area (Å²) in [5, 5.41) is 0. The molecule has 0 bridgehead atoms. The molecule has 12 heavy (non-hydrogen) atoms. The maximum atomic E-state index is 6.06. The summed E-state index contributed by atoms with van der Waals surface area (Å²) in [5.41, 5.74) is 7.28. The SMILES string of the molecule is CCc1occc1[C@@H](N)C1CC1. The Kier molecular flexibility index (Phi) is 1.93. The molecule has 2 nitrogen and oxygen atoms in total. The lowest BCUT2D eigenvalue weighted by molar-refractivity contribution is 0.500. The van der Waals surface area contributed by atoms with Gasteiger partial charge in [-0.3, -0.25) is 0 Å². The predicted molar refractivity (Wildman–Crippen MR) is 47.7 cm³/mol. The van der Waals surface area contributed by atoms with Crippen LogP contribution in [0.15, 0.2) is 16.7 Å². The third-order valence-corrected chi connectivity index (χ3v) is 2.59. The molecule has 2 rings (SSSR count). The standard InChI is InChI=1S/C10H15NO/c1-2-9-8(5-6-12-9)10(11)7-3-4-7/h5-7,10H,2-4,11H2,1H3/t10-/m0/s1. The van der Waals surface area contributed by atoms with Gasteiger partial charge in [-0.25, -0.2) is 0 Å². The second-order valence-electron chi connectivity index (χ2n) is 3.52. The molecule has 1 saturated carbocycles. The molecule has 0 amide bonds. The summed E-state index contributed by atoms with van der Waals surface area (Å²) in [6, 6.07) is 2.24. The van der Waals surface area contributed by atoms with E-state index >= 15 is 0 Å². The van der Waals surface area contributed by atoms with Gasteiger partial charge in [0.1, 0.15) is 5.76 Å². The molecular weight excluding hydrogens is 150 g/mol. The fraction of sp³-hybridized carbons (Fsp3) is 0.600. The van der Waals surface area contributed by atoms with E-state index < -0.39 is 0 Å². The van der Waals surface area contributed by atoms with E-state index in [1.807, 2.05) is 6.07 Å². The van der Waals surface area contributed by atoms with Crippen molar-refractivity contribution >= 4 is 0 Å². The van der Waals surface area contributed by atoms with Crippen LogP contribution in [0.3, 0.4) is 0 Å². The highest BCUT2D eigenvalue weighted by Crippen LogP contribution is 2.40. The second-order valence-corrected chi connectivity index (χ2v) is 3.52. The zero-order chi connectivity index (χ0) is 8.55. The maximum Gasteiger partial charge on any atom is 0.108 e. The summed E-state index contributed by atoms with van der Waals surface area (Å²) in [7, 11) is 0. The summed E-state index contributed by atoms with van der Waals surface area (Å²) in [6.07, 6.45) is 5.27. The van der Waals surface area contributed by atoms with Crippen LogP contribution in [0.4, 0.5) is 0 Å². The number of nitrogens with two attached hydrogens (primary N) is 1. The number of aryl methyl sites for hydroxylation is 1. The van der Waals surface area contributed by atoms with Gasteiger partial charge in [-0.15, -0.1) is 0 Å². The van der Waals surface area contributed by atoms with Crippen LogP contribution in [0.2, 0.25) is 0 Å². The predicted octanol–water partition coefficient (Wildman–Crippen LogP) is 2.25. The Balaban J connectivity index is 2.19. The quantitative estimate of drug-likeness (QED) is 0.746. The molecule has 1 heterocycles. The van der Waals surface area contributed by atoms with Gasteiger partial charge in [0.15, 0.2) is 0 Å². The van der Waals surface area contributed by atoms with Crippen molar-refractivity contribution in [1.29, 1.82) is 0 Å². The summed E-state index contributed by atoms with van der Waals surface area (Å²) < 4.78 is 5.33. The van der Waals surface area contributed by atoms with E-state index in [9.17, 15) is 0 Å². The number of furan rings is 1. The third kappa shape index (κ3) is 1.27. The lowest BCUT2D eigenvalue weighted by Crippen LogP contribution is -2.12. The molecule has 0 spiro atoms. The molecule has 2 heteroatoms. The summed E-state index contributed by atoms with van der Waals surface area (Å²) in [4.78, 5) is 0. The third-order valence-electron chi connectivity index (χ3n) is 2.59. The highest BCUT2D eigenvalue weighted by Gasteiger charge is 2.31. The van der Waals surface area contributed by atoms with Gasteiger partial charge < -0.3 is 10.2 Å². The molecule has 1 aromatic heterocycles. The van der Waals surface area contributed by atoms with Gasteiger partial charge in [0.25, 0.3) is 0 Å². The molecule has 0 aliphatic heterocycles. The van der Waals surface area contributed by atoms with Crippen LogP contribution in [-0.4, -0.2) is 0 Å². The zero-order valence-corrected chi connectivity index (χ0v) is 7.42. The first-order valence-corrected chi connectivity index (χ1v) is 4.64. The number of hydrogen-bond acceptors (Lipinski definition) is 2. The van der Waals surface area contributed by atoms with Gasteiger partial charge in [0, 0.05) is 18.0 Å². The molecule has 1 aliphatic carbocycles. The molecule has 66 valence electrons. The fourth-order valence-corrected chi connectivity index (χ4v) is 1.64. The second kappa shape index (κ2) is 2.94. The van der Waals surface area contributed by atoms with Crippen molar-refractivity contribution in [3.8, 4) is 0 Å². The minimum Gasteiger partial charge on any atom is -0.469 e. The number of rotatable bonds is 3. The Morgan fingerprint density at radius 2 is 2.42 bits per heavy atom. The summed E-state index contributed by atoms with van der Waals surface area (Å²) >= 11 is 0. The van der Waals surface area contributed by atoms with Gasteiger partial charge in [-0.05, 0) is 24.8 Å². The topological polar surface area (TPSA) is 39.2 Å². The molecule has 2 N–H and O–H groups in total. The van der Waals surface area contributed by atoms with E-state index in [0.29, 0.717) is 5.92 Å². The fourth-order valence-electron chi connectivity index (χ4n) is 1.64. The minimum absolute atomic E-state index is 0.221. The molecule has 0 saturated heterocycles. The van der Waals surface area contributed by atoms with Crippen LogP contribution < -0.4 is 5.73 Å². The number of hydrogen-bond donors (Lipinski definition) is 1. The molecule has 1 aromatic rings. The van der Waals surface area contributed by atoms with Crippen LogP contribution in [0.1, 0.15) is 37.1 Å². The Labute approximate surface area is 72.7 Å². The van der Waals surface area contributed by atoms with Crippen molar-refractivity contribution in [2.24, 2.45) is 11.7 Å². The largest absolute Gasteiger partial charge is 0.469 e. The lowest BCUT2D eigenvalue weighted by atomic mass is 10.0. The highest BCUT2D eigenvalue weighted by molar-refractivity contribution is 5.23. The monoisotopic (exact) mass is 165 g/mol. The average Bonchev–Trinajstić information content (AvgIpc) is 2.82. The zero-order valence-electron chi connectivity index (χ0n) is 7.42. The summed E-state index contributed by atoms with van der Waals surface area (Å²) in [5.74, 6) is 1.78.